The van der Waals surface area contributed by atoms with Crippen LogP contribution in [0.3, 0.4) is 0 Å². The molecule has 2 atom stereocenters. The van der Waals surface area contributed by atoms with Gasteiger partial charge < -0.3 is 24.3 Å². The number of nitrogens with one attached hydrogen (secondary N) is 1. The SMILES string of the molecule is Cc1cc([C@H]2[C@H](c3ccccn3)NC(=S)N2Cc2ccco2)c(C)n1-c1ccccc1C(=O)O. The van der Waals surface area contributed by atoms with Crippen LogP contribution in [-0.2, 0) is 6.54 Å². The molecule has 1 saturated heterocycles. The molecule has 0 aliphatic carbocycles. The largest absolute Gasteiger partial charge is 0.478 e. The van der Waals surface area contributed by atoms with Gasteiger partial charge in [0.15, 0.2) is 5.11 Å². The quantitative estimate of drug-likeness (QED) is 0.384. The van der Waals surface area contributed by atoms with Crippen molar-refractivity contribution in [2.75, 3.05) is 0 Å². The summed E-state index contributed by atoms with van der Waals surface area (Å²) in [6.45, 7) is 4.51. The lowest BCUT2D eigenvalue weighted by molar-refractivity contribution is 0.0697. The third kappa shape index (κ3) is 3.76. The molecule has 1 fully saturated rings. The van der Waals surface area contributed by atoms with E-state index in [0.29, 0.717) is 17.3 Å². The van der Waals surface area contributed by atoms with Crippen molar-refractivity contribution in [2.24, 2.45) is 0 Å². The van der Waals surface area contributed by atoms with Crippen LogP contribution in [0.4, 0.5) is 0 Å². The molecule has 1 aliphatic rings. The fraction of sp³-hybridized carbons (Fsp3) is 0.192. The normalized spacial score (nSPS) is 17.7. The number of nitrogens with zero attached hydrogens (tertiary/aromatic N) is 3. The summed E-state index contributed by atoms with van der Waals surface area (Å²) in [5.41, 5.74) is 4.71. The van der Waals surface area contributed by atoms with Crippen molar-refractivity contribution in [3.63, 3.8) is 0 Å². The number of aromatic carboxylic acids is 1. The predicted molar refractivity (Wildman–Crippen MR) is 132 cm³/mol. The molecule has 0 bridgehead atoms. The summed E-state index contributed by atoms with van der Waals surface area (Å²) >= 11 is 5.76. The monoisotopic (exact) mass is 472 g/mol. The second-order valence-corrected chi connectivity index (χ2v) is 8.70. The summed E-state index contributed by atoms with van der Waals surface area (Å²) in [7, 11) is 0. The van der Waals surface area contributed by atoms with E-state index < -0.39 is 5.97 Å². The van der Waals surface area contributed by atoms with E-state index in [1.165, 1.54) is 0 Å². The summed E-state index contributed by atoms with van der Waals surface area (Å²) in [6, 6.07) is 18.5. The highest BCUT2D eigenvalue weighted by Gasteiger charge is 2.41. The maximum absolute atomic E-state index is 11.9. The van der Waals surface area contributed by atoms with E-state index >= 15 is 0 Å². The van der Waals surface area contributed by atoms with E-state index in [2.05, 4.69) is 21.3 Å². The Balaban J connectivity index is 1.65. The lowest BCUT2D eigenvalue weighted by atomic mass is 9.96. The highest BCUT2D eigenvalue weighted by atomic mass is 32.1. The number of hydrogen-bond donors (Lipinski definition) is 2. The van der Waals surface area contributed by atoms with Crippen LogP contribution in [0.1, 0.15) is 50.8 Å². The molecule has 0 amide bonds. The minimum Gasteiger partial charge on any atom is -0.478 e. The van der Waals surface area contributed by atoms with Crippen LogP contribution in [0.25, 0.3) is 5.69 Å². The molecule has 1 aliphatic heterocycles. The molecule has 3 aromatic heterocycles. The van der Waals surface area contributed by atoms with E-state index in [-0.39, 0.29) is 17.6 Å². The summed E-state index contributed by atoms with van der Waals surface area (Å²) in [6.07, 6.45) is 3.43. The second kappa shape index (κ2) is 8.79. The second-order valence-electron chi connectivity index (χ2n) is 8.32. The van der Waals surface area contributed by atoms with Crippen LogP contribution in [0.15, 0.2) is 77.5 Å². The van der Waals surface area contributed by atoms with Crippen molar-refractivity contribution in [3.8, 4) is 5.69 Å². The number of carbonyl (C=O) groups is 1. The average molecular weight is 473 g/mol. The number of pyridine rings is 1. The molecule has 2 N–H and O–H groups in total. The zero-order chi connectivity index (χ0) is 23.8. The molecule has 0 saturated carbocycles. The van der Waals surface area contributed by atoms with Gasteiger partial charge in [0.25, 0.3) is 0 Å². The number of aromatic nitrogens is 2. The number of hydrogen-bond acceptors (Lipinski definition) is 4. The molecule has 1 aromatic carbocycles. The summed E-state index contributed by atoms with van der Waals surface area (Å²) in [5.74, 6) is -0.153. The number of aryl methyl sites for hydroxylation is 1. The molecule has 0 radical (unpaired) electrons. The molecule has 172 valence electrons. The zero-order valence-electron chi connectivity index (χ0n) is 18.8. The minimum absolute atomic E-state index is 0.163. The number of furan rings is 1. The Morgan fingerprint density at radius 3 is 2.65 bits per heavy atom. The Labute approximate surface area is 202 Å². The Kier molecular flexibility index (Phi) is 5.67. The van der Waals surface area contributed by atoms with Gasteiger partial charge in [-0.3, -0.25) is 4.98 Å². The highest BCUT2D eigenvalue weighted by molar-refractivity contribution is 7.80. The Bertz CT molecular complexity index is 1350. The van der Waals surface area contributed by atoms with Crippen molar-refractivity contribution in [1.82, 2.24) is 19.8 Å². The lowest BCUT2D eigenvalue weighted by Crippen LogP contribution is -2.29. The van der Waals surface area contributed by atoms with Gasteiger partial charge in [-0.1, -0.05) is 18.2 Å². The number of para-hydroxylation sites is 1. The fourth-order valence-electron chi connectivity index (χ4n) is 4.79. The predicted octanol–water partition coefficient (Wildman–Crippen LogP) is 4.95. The molecule has 4 heterocycles. The van der Waals surface area contributed by atoms with Gasteiger partial charge >= 0.3 is 5.97 Å². The molecule has 34 heavy (non-hydrogen) atoms. The summed E-state index contributed by atoms with van der Waals surface area (Å²) < 4.78 is 7.63. The third-order valence-electron chi connectivity index (χ3n) is 6.27. The highest BCUT2D eigenvalue weighted by Crippen LogP contribution is 2.42. The topological polar surface area (TPSA) is 83.5 Å². The van der Waals surface area contributed by atoms with Crippen LogP contribution in [0, 0.1) is 13.8 Å². The smallest absolute Gasteiger partial charge is 0.337 e. The van der Waals surface area contributed by atoms with Crippen molar-refractivity contribution in [1.29, 1.82) is 0 Å². The van der Waals surface area contributed by atoms with Gasteiger partial charge in [-0.25, -0.2) is 4.79 Å². The Morgan fingerprint density at radius 2 is 1.94 bits per heavy atom. The summed E-state index contributed by atoms with van der Waals surface area (Å²) in [4.78, 5) is 18.6. The maximum atomic E-state index is 11.9. The average Bonchev–Trinajstić information content (AvgIpc) is 3.53. The van der Waals surface area contributed by atoms with Gasteiger partial charge in [-0.05, 0) is 74.1 Å². The van der Waals surface area contributed by atoms with Crippen molar-refractivity contribution < 1.29 is 14.3 Å². The van der Waals surface area contributed by atoms with E-state index in [1.54, 1.807) is 24.6 Å². The zero-order valence-corrected chi connectivity index (χ0v) is 19.6. The van der Waals surface area contributed by atoms with Crippen LogP contribution >= 0.6 is 12.2 Å². The van der Waals surface area contributed by atoms with Gasteiger partial charge in [0.2, 0.25) is 0 Å². The number of thiocarbonyl (C=S) groups is 1. The number of carboxylic acids is 1. The van der Waals surface area contributed by atoms with Crippen LogP contribution < -0.4 is 5.32 Å². The van der Waals surface area contributed by atoms with Gasteiger partial charge in [0, 0.05) is 17.6 Å². The number of rotatable bonds is 6. The minimum atomic E-state index is -0.959. The molecular weight excluding hydrogens is 448 g/mol. The standard InChI is InChI=1S/C26H24N4O3S/c1-16-14-20(17(2)30(16)22-11-4-3-9-19(22)25(31)32)24-23(21-10-5-6-12-27-21)28-26(34)29(24)15-18-8-7-13-33-18/h3-14,23-24H,15H2,1-2H3,(H,28,34)(H,31,32)/t23-,24-/m0/s1. The van der Waals surface area contributed by atoms with Gasteiger partial charge in [0.1, 0.15) is 5.76 Å². The van der Waals surface area contributed by atoms with Gasteiger partial charge in [-0.15, -0.1) is 0 Å². The first-order valence-electron chi connectivity index (χ1n) is 11.0. The first-order valence-corrected chi connectivity index (χ1v) is 11.4. The first kappa shape index (κ1) is 21.9. The number of benzene rings is 1. The Hall–Kier alpha value is -3.91. The molecule has 8 heteroatoms. The first-order chi connectivity index (χ1) is 16.5. The van der Waals surface area contributed by atoms with E-state index in [4.69, 9.17) is 16.6 Å². The molecule has 4 aromatic rings. The molecule has 0 spiro atoms. The van der Waals surface area contributed by atoms with Crippen LogP contribution in [0.5, 0.6) is 0 Å². The lowest BCUT2D eigenvalue weighted by Gasteiger charge is -2.27. The van der Waals surface area contributed by atoms with Crippen molar-refractivity contribution >= 4 is 23.3 Å². The maximum Gasteiger partial charge on any atom is 0.337 e. The van der Waals surface area contributed by atoms with E-state index in [0.717, 1.165) is 28.4 Å². The molecular formula is C26H24N4O3S. The van der Waals surface area contributed by atoms with E-state index in [9.17, 15) is 9.90 Å². The third-order valence-corrected chi connectivity index (χ3v) is 6.62. The van der Waals surface area contributed by atoms with Crippen LogP contribution in [0.2, 0.25) is 0 Å². The molecule has 5 rings (SSSR count). The molecule has 0 unspecified atom stereocenters. The van der Waals surface area contributed by atoms with E-state index in [1.807, 2.05) is 60.9 Å². The van der Waals surface area contributed by atoms with Gasteiger partial charge in [0.05, 0.1) is 41.8 Å². The number of carboxylic acid groups (broad SMARTS) is 1. The molecule has 7 nitrogen and oxygen atoms in total. The van der Waals surface area contributed by atoms with Crippen LogP contribution in [-0.4, -0.2) is 30.6 Å². The van der Waals surface area contributed by atoms with Crippen molar-refractivity contribution in [3.05, 3.63) is 107 Å². The van der Waals surface area contributed by atoms with Gasteiger partial charge in [-0.2, -0.15) is 0 Å². The summed E-state index contributed by atoms with van der Waals surface area (Å²) in [5, 5.41) is 13.8. The van der Waals surface area contributed by atoms with Crippen molar-refractivity contribution in [2.45, 2.75) is 32.5 Å². The fourth-order valence-corrected chi connectivity index (χ4v) is 5.10. The Morgan fingerprint density at radius 1 is 1.15 bits per heavy atom.